The topological polar surface area (TPSA) is 18.5 Å². The van der Waals surface area contributed by atoms with E-state index in [9.17, 15) is 0 Å². The molecular weight excluding hydrogens is 236 g/mol. The second-order valence-corrected chi connectivity index (χ2v) is 5.39. The molecule has 1 aliphatic carbocycles. The number of halogens is 1. The summed E-state index contributed by atoms with van der Waals surface area (Å²) < 4.78 is 11.6. The summed E-state index contributed by atoms with van der Waals surface area (Å²) in [6.07, 6.45) is 9.20. The van der Waals surface area contributed by atoms with Gasteiger partial charge < -0.3 is 9.47 Å². The Bertz CT molecular complexity index is 269. The number of hydrogen-bond donors (Lipinski definition) is 0. The van der Waals surface area contributed by atoms with Gasteiger partial charge in [0.05, 0.1) is 13.2 Å². The Morgan fingerprint density at radius 1 is 1.35 bits per heavy atom. The fourth-order valence-corrected chi connectivity index (χ4v) is 3.20. The number of alkyl halides is 1. The Morgan fingerprint density at radius 3 is 2.76 bits per heavy atom. The van der Waals surface area contributed by atoms with E-state index in [2.05, 4.69) is 13.0 Å². The third kappa shape index (κ3) is 3.24. The second-order valence-electron chi connectivity index (χ2n) is 5.12. The quantitative estimate of drug-likeness (QED) is 0.423. The maximum atomic E-state index is 6.03. The van der Waals surface area contributed by atoms with Crippen molar-refractivity contribution in [3.8, 4) is 0 Å². The molecule has 0 N–H and O–H groups in total. The van der Waals surface area contributed by atoms with Gasteiger partial charge in [-0.25, -0.2) is 0 Å². The highest BCUT2D eigenvalue weighted by Crippen LogP contribution is 2.40. The average Bonchev–Trinajstić information content (AvgIpc) is 2.78. The minimum Gasteiger partial charge on any atom is -0.347 e. The van der Waals surface area contributed by atoms with Crippen LogP contribution in [0.1, 0.15) is 45.4 Å². The van der Waals surface area contributed by atoms with Crippen LogP contribution < -0.4 is 0 Å². The molecule has 1 heterocycles. The maximum absolute atomic E-state index is 6.03. The third-order valence-electron chi connectivity index (χ3n) is 3.88. The van der Waals surface area contributed by atoms with Gasteiger partial charge in [-0.15, -0.1) is 11.6 Å². The molecule has 1 atom stereocenters. The largest absolute Gasteiger partial charge is 0.347 e. The highest BCUT2D eigenvalue weighted by atomic mass is 35.5. The first-order valence-corrected chi connectivity index (χ1v) is 7.36. The van der Waals surface area contributed by atoms with Crippen molar-refractivity contribution in [1.29, 1.82) is 0 Å². The summed E-state index contributed by atoms with van der Waals surface area (Å²) in [6, 6.07) is 0. The standard InChI is InChI=1S/C14H23ClO2/c1-2-3-4-5-12-10-14(16-8-9-17-14)7-6-13(12)11-15/h6,12H,2-5,7-11H2,1H3. The van der Waals surface area contributed by atoms with Gasteiger partial charge in [0.15, 0.2) is 5.79 Å². The molecular formula is C14H23ClO2. The summed E-state index contributed by atoms with van der Waals surface area (Å²) in [5.41, 5.74) is 1.40. The van der Waals surface area contributed by atoms with Gasteiger partial charge in [0.25, 0.3) is 0 Å². The molecule has 2 aliphatic rings. The van der Waals surface area contributed by atoms with Crippen LogP contribution in [0.25, 0.3) is 0 Å². The lowest BCUT2D eigenvalue weighted by molar-refractivity contribution is -0.169. The lowest BCUT2D eigenvalue weighted by Gasteiger charge is -2.35. The van der Waals surface area contributed by atoms with Crippen molar-refractivity contribution in [3.63, 3.8) is 0 Å². The summed E-state index contributed by atoms with van der Waals surface area (Å²) in [4.78, 5) is 0. The first-order chi connectivity index (χ1) is 8.29. The number of hydrogen-bond acceptors (Lipinski definition) is 2. The molecule has 0 saturated carbocycles. The van der Waals surface area contributed by atoms with E-state index in [1.165, 1.54) is 31.3 Å². The van der Waals surface area contributed by atoms with Gasteiger partial charge in [0, 0.05) is 18.7 Å². The molecule has 1 aliphatic heterocycles. The van der Waals surface area contributed by atoms with E-state index in [0.29, 0.717) is 11.8 Å². The summed E-state index contributed by atoms with van der Waals surface area (Å²) in [5.74, 6) is 0.908. The highest BCUT2D eigenvalue weighted by Gasteiger charge is 2.41. The third-order valence-corrected chi connectivity index (χ3v) is 4.19. The fraction of sp³-hybridized carbons (Fsp3) is 0.857. The molecule has 0 aromatic rings. The first-order valence-electron chi connectivity index (χ1n) is 6.82. The minimum atomic E-state index is -0.313. The molecule has 0 aromatic carbocycles. The summed E-state index contributed by atoms with van der Waals surface area (Å²) in [6.45, 7) is 3.72. The van der Waals surface area contributed by atoms with Crippen LogP contribution in [0.5, 0.6) is 0 Å². The van der Waals surface area contributed by atoms with Crippen molar-refractivity contribution in [2.75, 3.05) is 19.1 Å². The van der Waals surface area contributed by atoms with Crippen molar-refractivity contribution >= 4 is 11.6 Å². The molecule has 2 rings (SSSR count). The van der Waals surface area contributed by atoms with Crippen LogP contribution in [0.4, 0.5) is 0 Å². The van der Waals surface area contributed by atoms with Crippen molar-refractivity contribution in [1.82, 2.24) is 0 Å². The van der Waals surface area contributed by atoms with Gasteiger partial charge in [-0.1, -0.05) is 37.8 Å². The van der Waals surface area contributed by atoms with Crippen LogP contribution in [0.15, 0.2) is 11.6 Å². The van der Waals surface area contributed by atoms with Crippen LogP contribution in [-0.2, 0) is 9.47 Å². The maximum Gasteiger partial charge on any atom is 0.172 e. The van der Waals surface area contributed by atoms with Crippen LogP contribution in [0.3, 0.4) is 0 Å². The smallest absolute Gasteiger partial charge is 0.172 e. The normalized spacial score (nSPS) is 27.4. The van der Waals surface area contributed by atoms with Crippen LogP contribution in [-0.4, -0.2) is 24.9 Å². The highest BCUT2D eigenvalue weighted by molar-refractivity contribution is 6.19. The molecule has 1 saturated heterocycles. The van der Waals surface area contributed by atoms with Gasteiger partial charge >= 0.3 is 0 Å². The molecule has 17 heavy (non-hydrogen) atoms. The van der Waals surface area contributed by atoms with Gasteiger partial charge in [-0.2, -0.15) is 0 Å². The van der Waals surface area contributed by atoms with Crippen LogP contribution in [0, 0.1) is 5.92 Å². The van der Waals surface area contributed by atoms with E-state index < -0.39 is 0 Å². The summed E-state index contributed by atoms with van der Waals surface area (Å²) in [5, 5.41) is 0. The van der Waals surface area contributed by atoms with Gasteiger partial charge in [0.1, 0.15) is 0 Å². The number of allylic oxidation sites excluding steroid dienone is 1. The molecule has 1 fully saturated rings. The van der Waals surface area contributed by atoms with E-state index in [-0.39, 0.29) is 5.79 Å². The number of unbranched alkanes of at least 4 members (excludes halogenated alkanes) is 2. The fourth-order valence-electron chi connectivity index (χ4n) is 2.87. The summed E-state index contributed by atoms with van der Waals surface area (Å²) >= 11 is 6.03. The number of ether oxygens (including phenoxy) is 2. The van der Waals surface area contributed by atoms with E-state index in [4.69, 9.17) is 21.1 Å². The van der Waals surface area contributed by atoms with E-state index >= 15 is 0 Å². The molecule has 2 nitrogen and oxygen atoms in total. The number of rotatable bonds is 5. The lowest BCUT2D eigenvalue weighted by Crippen LogP contribution is -2.36. The van der Waals surface area contributed by atoms with E-state index in [1.54, 1.807) is 0 Å². The van der Waals surface area contributed by atoms with Crippen molar-refractivity contribution in [3.05, 3.63) is 11.6 Å². The first kappa shape index (κ1) is 13.4. The molecule has 0 aromatic heterocycles. The van der Waals surface area contributed by atoms with Crippen molar-refractivity contribution in [2.45, 2.75) is 51.2 Å². The van der Waals surface area contributed by atoms with E-state index in [0.717, 1.165) is 26.1 Å². The van der Waals surface area contributed by atoms with Crippen LogP contribution in [0.2, 0.25) is 0 Å². The Hall–Kier alpha value is -0.0500. The minimum absolute atomic E-state index is 0.313. The molecule has 0 radical (unpaired) electrons. The molecule has 98 valence electrons. The van der Waals surface area contributed by atoms with Gasteiger partial charge in [-0.3, -0.25) is 0 Å². The zero-order chi connectivity index (χ0) is 12.1. The Balaban J connectivity index is 1.96. The van der Waals surface area contributed by atoms with Gasteiger partial charge in [0.2, 0.25) is 0 Å². The van der Waals surface area contributed by atoms with Gasteiger partial charge in [-0.05, 0) is 12.3 Å². The van der Waals surface area contributed by atoms with Crippen molar-refractivity contribution in [2.24, 2.45) is 5.92 Å². The van der Waals surface area contributed by atoms with Crippen molar-refractivity contribution < 1.29 is 9.47 Å². The van der Waals surface area contributed by atoms with E-state index in [1.807, 2.05) is 0 Å². The molecule has 3 heteroatoms. The summed E-state index contributed by atoms with van der Waals surface area (Å²) in [7, 11) is 0. The molecule has 0 amide bonds. The monoisotopic (exact) mass is 258 g/mol. The molecule has 1 unspecified atom stereocenters. The Kier molecular flexibility index (Phi) is 4.89. The zero-order valence-corrected chi connectivity index (χ0v) is 11.5. The second kappa shape index (κ2) is 6.21. The average molecular weight is 259 g/mol. The molecule has 0 bridgehead atoms. The SMILES string of the molecule is CCCCCC1CC2(CC=C1CCl)OCCO2. The lowest BCUT2D eigenvalue weighted by atomic mass is 9.81. The Morgan fingerprint density at radius 2 is 2.12 bits per heavy atom. The predicted molar refractivity (Wildman–Crippen MR) is 70.3 cm³/mol. The predicted octanol–water partition coefficient (Wildman–Crippen LogP) is 3.89. The Labute approximate surface area is 109 Å². The van der Waals surface area contributed by atoms with Crippen LogP contribution >= 0.6 is 11.6 Å². The zero-order valence-electron chi connectivity index (χ0n) is 10.7. The molecule has 1 spiro atoms.